The third-order valence-electron chi connectivity index (χ3n) is 4.08. The van der Waals surface area contributed by atoms with E-state index in [4.69, 9.17) is 4.74 Å². The van der Waals surface area contributed by atoms with Crippen molar-refractivity contribution in [3.05, 3.63) is 70.8 Å². The molecule has 0 saturated carbocycles. The molecule has 4 rings (SSSR count). The number of methoxy groups -OCH3 is 1. The molecule has 3 aromatic heterocycles. The van der Waals surface area contributed by atoms with E-state index >= 15 is 0 Å². The van der Waals surface area contributed by atoms with E-state index < -0.39 is 5.97 Å². The van der Waals surface area contributed by atoms with E-state index in [9.17, 15) is 9.59 Å². The monoisotopic (exact) mass is 331 g/mol. The molecule has 0 aliphatic heterocycles. The zero-order valence-electron chi connectivity index (χ0n) is 13.3. The van der Waals surface area contributed by atoms with Crippen molar-refractivity contribution in [1.82, 2.24) is 15.0 Å². The first-order valence-corrected chi connectivity index (χ1v) is 7.64. The van der Waals surface area contributed by atoms with Gasteiger partial charge in [0.05, 0.1) is 18.1 Å². The summed E-state index contributed by atoms with van der Waals surface area (Å²) in [5, 5.41) is 2.05. The van der Waals surface area contributed by atoms with Crippen molar-refractivity contribution in [2.75, 3.05) is 7.11 Å². The minimum atomic E-state index is -0.529. The number of rotatable bonds is 2. The van der Waals surface area contributed by atoms with Gasteiger partial charge in [-0.25, -0.2) is 4.79 Å². The van der Waals surface area contributed by atoms with Gasteiger partial charge < -0.3 is 9.72 Å². The molecule has 1 aromatic carbocycles. The highest BCUT2D eigenvalue weighted by molar-refractivity contribution is 6.10. The molecular formula is C19H13N3O3. The number of pyridine rings is 3. The maximum absolute atomic E-state index is 12.7. The van der Waals surface area contributed by atoms with Crippen LogP contribution in [0.5, 0.6) is 0 Å². The van der Waals surface area contributed by atoms with Crippen molar-refractivity contribution in [3.63, 3.8) is 0 Å². The van der Waals surface area contributed by atoms with E-state index in [0.29, 0.717) is 16.8 Å². The number of nitrogens with one attached hydrogen (secondary N) is 1. The lowest BCUT2D eigenvalue weighted by Gasteiger charge is -2.10. The Hall–Kier alpha value is -3.54. The molecule has 122 valence electrons. The lowest BCUT2D eigenvalue weighted by molar-refractivity contribution is 0.0601. The number of benzene rings is 1. The summed E-state index contributed by atoms with van der Waals surface area (Å²) >= 11 is 0. The molecule has 0 bridgehead atoms. The Bertz CT molecular complexity index is 1180. The number of aromatic nitrogens is 3. The van der Waals surface area contributed by atoms with Gasteiger partial charge in [-0.15, -0.1) is 0 Å². The van der Waals surface area contributed by atoms with E-state index in [1.807, 2.05) is 24.3 Å². The van der Waals surface area contributed by atoms with Gasteiger partial charge in [0.25, 0.3) is 5.56 Å². The highest BCUT2D eigenvalue weighted by Gasteiger charge is 2.19. The molecule has 1 N–H and O–H groups in total. The first-order chi connectivity index (χ1) is 12.2. The predicted octanol–water partition coefficient (Wildman–Crippen LogP) is 2.92. The zero-order chi connectivity index (χ0) is 17.4. The normalized spacial score (nSPS) is 10.9. The van der Waals surface area contributed by atoms with Crippen molar-refractivity contribution >= 4 is 27.6 Å². The molecule has 25 heavy (non-hydrogen) atoms. The van der Waals surface area contributed by atoms with E-state index in [1.54, 1.807) is 30.6 Å². The van der Waals surface area contributed by atoms with Gasteiger partial charge in [0.1, 0.15) is 11.4 Å². The van der Waals surface area contributed by atoms with Crippen molar-refractivity contribution in [2.45, 2.75) is 0 Å². The summed E-state index contributed by atoms with van der Waals surface area (Å²) in [6, 6.07) is 12.6. The first-order valence-electron chi connectivity index (χ1n) is 7.64. The van der Waals surface area contributed by atoms with Gasteiger partial charge in [0.2, 0.25) is 0 Å². The molecule has 6 nitrogen and oxygen atoms in total. The van der Waals surface area contributed by atoms with E-state index in [0.717, 1.165) is 16.3 Å². The SMILES string of the molecule is COC(=O)c1cccnc1-c1nccc2c1c(=O)[nH]c1ccccc12. The number of H-pyrrole nitrogens is 1. The molecule has 0 unspecified atom stereocenters. The van der Waals surface area contributed by atoms with E-state index in [2.05, 4.69) is 15.0 Å². The second-order valence-corrected chi connectivity index (χ2v) is 5.47. The lowest BCUT2D eigenvalue weighted by Crippen LogP contribution is -2.11. The van der Waals surface area contributed by atoms with Gasteiger partial charge in [-0.2, -0.15) is 0 Å². The van der Waals surface area contributed by atoms with Crippen LogP contribution in [-0.2, 0) is 4.74 Å². The molecule has 3 heterocycles. The number of ether oxygens (including phenoxy) is 1. The number of fused-ring (bicyclic) bond motifs is 3. The summed E-state index contributed by atoms with van der Waals surface area (Å²) in [4.78, 5) is 36.2. The zero-order valence-corrected chi connectivity index (χ0v) is 13.3. The van der Waals surface area contributed by atoms with Gasteiger partial charge >= 0.3 is 5.97 Å². The second kappa shape index (κ2) is 5.83. The van der Waals surface area contributed by atoms with Crippen LogP contribution in [0.15, 0.2) is 59.7 Å². The number of hydrogen-bond acceptors (Lipinski definition) is 5. The third-order valence-corrected chi connectivity index (χ3v) is 4.08. The van der Waals surface area contributed by atoms with Crippen LogP contribution < -0.4 is 5.56 Å². The smallest absolute Gasteiger partial charge is 0.340 e. The van der Waals surface area contributed by atoms with Gasteiger partial charge in [-0.05, 0) is 24.3 Å². The highest BCUT2D eigenvalue weighted by Crippen LogP contribution is 2.29. The molecule has 0 saturated heterocycles. The molecule has 0 atom stereocenters. The Morgan fingerprint density at radius 2 is 1.76 bits per heavy atom. The largest absolute Gasteiger partial charge is 0.465 e. The van der Waals surface area contributed by atoms with Crippen LogP contribution in [0.25, 0.3) is 33.1 Å². The molecule has 0 aliphatic rings. The van der Waals surface area contributed by atoms with Crippen LogP contribution in [0.1, 0.15) is 10.4 Å². The van der Waals surface area contributed by atoms with Crippen molar-refractivity contribution < 1.29 is 9.53 Å². The first kappa shape index (κ1) is 15.0. The van der Waals surface area contributed by atoms with Gasteiger partial charge in [-0.1, -0.05) is 18.2 Å². The van der Waals surface area contributed by atoms with Gasteiger partial charge in [-0.3, -0.25) is 14.8 Å². The Labute approximate surface area is 142 Å². The molecule has 0 amide bonds. The number of aromatic amines is 1. The van der Waals surface area contributed by atoms with Crippen molar-refractivity contribution in [2.24, 2.45) is 0 Å². The number of hydrogen-bond donors (Lipinski definition) is 1. The highest BCUT2D eigenvalue weighted by atomic mass is 16.5. The van der Waals surface area contributed by atoms with Crippen LogP contribution in [0.4, 0.5) is 0 Å². The molecular weight excluding hydrogens is 318 g/mol. The molecule has 0 aliphatic carbocycles. The maximum atomic E-state index is 12.7. The molecule has 0 radical (unpaired) electrons. The fourth-order valence-corrected chi connectivity index (χ4v) is 2.98. The Morgan fingerprint density at radius 1 is 0.960 bits per heavy atom. The van der Waals surface area contributed by atoms with Crippen molar-refractivity contribution in [1.29, 1.82) is 0 Å². The Morgan fingerprint density at radius 3 is 2.60 bits per heavy atom. The third kappa shape index (κ3) is 2.35. The number of carbonyl (C=O) groups is 1. The van der Waals surface area contributed by atoms with Crippen LogP contribution in [0.2, 0.25) is 0 Å². The number of nitrogens with zero attached hydrogens (tertiary/aromatic N) is 2. The van der Waals surface area contributed by atoms with E-state index in [-0.39, 0.29) is 11.1 Å². The maximum Gasteiger partial charge on any atom is 0.340 e. The quantitative estimate of drug-likeness (QED) is 0.451. The summed E-state index contributed by atoms with van der Waals surface area (Å²) in [7, 11) is 1.30. The fraction of sp³-hybridized carbons (Fsp3) is 0.0526. The van der Waals surface area contributed by atoms with Crippen LogP contribution in [0, 0.1) is 0 Å². The van der Waals surface area contributed by atoms with Crippen LogP contribution in [0.3, 0.4) is 0 Å². The minimum Gasteiger partial charge on any atom is -0.465 e. The van der Waals surface area contributed by atoms with Crippen molar-refractivity contribution in [3.8, 4) is 11.4 Å². The number of carbonyl (C=O) groups excluding carboxylic acids is 1. The summed E-state index contributed by atoms with van der Waals surface area (Å²) in [6.07, 6.45) is 3.16. The molecule has 0 spiro atoms. The van der Waals surface area contributed by atoms with Gasteiger partial charge in [0, 0.05) is 28.7 Å². The predicted molar refractivity (Wildman–Crippen MR) is 94.4 cm³/mol. The van der Waals surface area contributed by atoms with Gasteiger partial charge in [0.15, 0.2) is 0 Å². The Balaban J connectivity index is 2.13. The van der Waals surface area contributed by atoms with E-state index in [1.165, 1.54) is 7.11 Å². The number of esters is 1. The minimum absolute atomic E-state index is 0.262. The lowest BCUT2D eigenvalue weighted by atomic mass is 10.0. The van der Waals surface area contributed by atoms with Crippen LogP contribution in [-0.4, -0.2) is 28.0 Å². The number of para-hydroxylation sites is 1. The summed E-state index contributed by atoms with van der Waals surface area (Å²) in [6.45, 7) is 0. The molecule has 6 heteroatoms. The standard InChI is InChI=1S/C19H13N3O3/c1-25-19(24)13-6-4-9-20-16(13)17-15-12(8-10-21-17)11-5-2-3-7-14(11)22-18(15)23/h2-10H,1H3,(H,22,23). The topological polar surface area (TPSA) is 84.9 Å². The molecule has 0 fully saturated rings. The average molecular weight is 331 g/mol. The fourth-order valence-electron chi connectivity index (χ4n) is 2.98. The molecule has 4 aromatic rings. The summed E-state index contributed by atoms with van der Waals surface area (Å²) in [5.41, 5.74) is 1.40. The Kier molecular flexibility index (Phi) is 3.50. The van der Waals surface area contributed by atoms with Crippen LogP contribution >= 0.6 is 0 Å². The summed E-state index contributed by atoms with van der Waals surface area (Å²) < 4.78 is 4.82. The average Bonchev–Trinajstić information content (AvgIpc) is 2.67. The second-order valence-electron chi connectivity index (χ2n) is 5.47. The summed E-state index contributed by atoms with van der Waals surface area (Å²) in [5.74, 6) is -0.529.